The molecule has 22 heavy (non-hydrogen) atoms. The Bertz CT molecular complexity index is 574. The van der Waals surface area contributed by atoms with Crippen LogP contribution in [0.2, 0.25) is 0 Å². The Morgan fingerprint density at radius 3 is 2.45 bits per heavy atom. The highest BCUT2D eigenvalue weighted by molar-refractivity contribution is 8.13. The Labute approximate surface area is 132 Å². The third kappa shape index (κ3) is 4.56. The van der Waals surface area contributed by atoms with E-state index >= 15 is 0 Å². The van der Waals surface area contributed by atoms with E-state index in [1.807, 2.05) is 18.7 Å². The molecule has 1 aromatic rings. The van der Waals surface area contributed by atoms with Gasteiger partial charge in [0.05, 0.1) is 16.9 Å². The summed E-state index contributed by atoms with van der Waals surface area (Å²) in [4.78, 5) is 6.07. The zero-order chi connectivity index (χ0) is 16.8. The SMILES string of the molecule is CCN(CC)c1ccc(C(F)(F)F)cc1N=C(NC#N)SC. The van der Waals surface area contributed by atoms with Gasteiger partial charge in [0.15, 0.2) is 11.4 Å². The molecule has 1 N–H and O–H groups in total. The topological polar surface area (TPSA) is 51.4 Å². The molecule has 0 spiro atoms. The first kappa shape index (κ1) is 18.2. The molecule has 1 aromatic carbocycles. The van der Waals surface area contributed by atoms with Gasteiger partial charge in [-0.3, -0.25) is 5.32 Å². The number of hydrogen-bond donors (Lipinski definition) is 1. The first-order chi connectivity index (χ1) is 10.4. The second kappa shape index (κ2) is 7.94. The summed E-state index contributed by atoms with van der Waals surface area (Å²) >= 11 is 1.15. The van der Waals surface area contributed by atoms with E-state index in [0.717, 1.165) is 23.9 Å². The van der Waals surface area contributed by atoms with Crippen LogP contribution in [0, 0.1) is 11.5 Å². The maximum absolute atomic E-state index is 12.9. The number of alkyl halides is 3. The van der Waals surface area contributed by atoms with Crippen molar-refractivity contribution < 1.29 is 13.2 Å². The molecule has 0 aliphatic carbocycles. The van der Waals surface area contributed by atoms with Crippen molar-refractivity contribution in [3.05, 3.63) is 23.8 Å². The molecule has 0 aromatic heterocycles. The van der Waals surface area contributed by atoms with Crippen LogP contribution >= 0.6 is 11.8 Å². The Kier molecular flexibility index (Phi) is 6.56. The third-order valence-electron chi connectivity index (χ3n) is 2.99. The first-order valence-electron chi connectivity index (χ1n) is 6.61. The molecule has 120 valence electrons. The quantitative estimate of drug-likeness (QED) is 0.393. The average Bonchev–Trinajstić information content (AvgIpc) is 2.48. The van der Waals surface area contributed by atoms with Gasteiger partial charge in [-0.25, -0.2) is 4.99 Å². The third-order valence-corrected chi connectivity index (χ3v) is 3.57. The molecule has 8 heteroatoms. The number of anilines is 1. The number of nitriles is 1. The second-order valence-electron chi connectivity index (χ2n) is 4.23. The fourth-order valence-electron chi connectivity index (χ4n) is 1.90. The van der Waals surface area contributed by atoms with Gasteiger partial charge in [-0.1, -0.05) is 11.8 Å². The maximum atomic E-state index is 12.9. The van der Waals surface area contributed by atoms with Crippen molar-refractivity contribution >= 4 is 28.3 Å². The Hall–Kier alpha value is -1.88. The van der Waals surface area contributed by atoms with E-state index in [1.54, 1.807) is 12.4 Å². The summed E-state index contributed by atoms with van der Waals surface area (Å²) in [5.41, 5.74) is 0.0227. The minimum absolute atomic E-state index is 0.186. The standard InChI is InChI=1S/C14H17F3N4S/c1-4-21(5-2)12-7-6-10(14(15,16)17)8-11(12)20-13(22-3)19-9-18/h6-8H,4-5H2,1-3H3,(H,19,20). The molecule has 0 aliphatic rings. The van der Waals surface area contributed by atoms with E-state index in [9.17, 15) is 13.2 Å². The zero-order valence-corrected chi connectivity index (χ0v) is 13.3. The number of benzene rings is 1. The molecular weight excluding hydrogens is 313 g/mol. The van der Waals surface area contributed by atoms with Crippen LogP contribution in [0.3, 0.4) is 0 Å². The number of thioether (sulfide) groups is 1. The molecule has 4 nitrogen and oxygen atoms in total. The normalized spacial score (nSPS) is 12.0. The van der Waals surface area contributed by atoms with E-state index in [4.69, 9.17) is 5.26 Å². The number of nitrogens with zero attached hydrogens (tertiary/aromatic N) is 3. The van der Waals surface area contributed by atoms with Gasteiger partial charge >= 0.3 is 6.18 Å². The lowest BCUT2D eigenvalue weighted by molar-refractivity contribution is -0.137. The first-order valence-corrected chi connectivity index (χ1v) is 7.83. The van der Waals surface area contributed by atoms with Crippen molar-refractivity contribution in [2.45, 2.75) is 20.0 Å². The van der Waals surface area contributed by atoms with E-state index < -0.39 is 11.7 Å². The molecular formula is C14H17F3N4S. The van der Waals surface area contributed by atoms with E-state index in [1.165, 1.54) is 6.07 Å². The maximum Gasteiger partial charge on any atom is 0.416 e. The minimum atomic E-state index is -4.44. The number of hydrogen-bond acceptors (Lipinski definition) is 4. The summed E-state index contributed by atoms with van der Waals surface area (Å²) in [7, 11) is 0. The van der Waals surface area contributed by atoms with Gasteiger partial charge in [-0.15, -0.1) is 0 Å². The van der Waals surface area contributed by atoms with Crippen molar-refractivity contribution in [3.63, 3.8) is 0 Å². The Morgan fingerprint density at radius 1 is 1.36 bits per heavy atom. The summed E-state index contributed by atoms with van der Waals surface area (Å²) in [6, 6.07) is 3.46. The molecule has 1 rings (SSSR count). The lowest BCUT2D eigenvalue weighted by atomic mass is 10.1. The van der Waals surface area contributed by atoms with Gasteiger partial charge in [0.2, 0.25) is 0 Å². The second-order valence-corrected chi connectivity index (χ2v) is 5.03. The van der Waals surface area contributed by atoms with Crippen LogP contribution in [-0.2, 0) is 6.18 Å². The van der Waals surface area contributed by atoms with Crippen LogP contribution in [0.1, 0.15) is 19.4 Å². The molecule has 0 unspecified atom stereocenters. The van der Waals surface area contributed by atoms with Crippen LogP contribution in [0.25, 0.3) is 0 Å². The predicted octanol–water partition coefficient (Wildman–Crippen LogP) is 3.97. The summed E-state index contributed by atoms with van der Waals surface area (Å²) in [6.45, 7) is 5.12. The van der Waals surface area contributed by atoms with E-state index in [0.29, 0.717) is 18.8 Å². The van der Waals surface area contributed by atoms with Crippen molar-refractivity contribution in [2.24, 2.45) is 4.99 Å². The highest BCUT2D eigenvalue weighted by atomic mass is 32.2. The van der Waals surface area contributed by atoms with Crippen molar-refractivity contribution in [2.75, 3.05) is 24.2 Å². The molecule has 0 fully saturated rings. The molecule has 0 saturated carbocycles. The summed E-state index contributed by atoms with van der Waals surface area (Å²) in [5.74, 6) is 0. The van der Waals surface area contributed by atoms with Gasteiger partial charge in [-0.05, 0) is 38.3 Å². The van der Waals surface area contributed by atoms with Crippen molar-refractivity contribution in [3.8, 4) is 6.19 Å². The molecule has 0 atom stereocenters. The Morgan fingerprint density at radius 2 is 2.00 bits per heavy atom. The fourth-order valence-corrected chi connectivity index (χ4v) is 2.24. The van der Waals surface area contributed by atoms with Crippen LogP contribution in [0.4, 0.5) is 24.5 Å². The molecule has 0 heterocycles. The van der Waals surface area contributed by atoms with Gasteiger partial charge in [-0.2, -0.15) is 18.4 Å². The van der Waals surface area contributed by atoms with Gasteiger partial charge in [0.25, 0.3) is 0 Å². The molecule has 0 amide bonds. The number of amidine groups is 1. The van der Waals surface area contributed by atoms with Crippen molar-refractivity contribution in [1.29, 1.82) is 5.26 Å². The molecule has 0 saturated heterocycles. The number of halogens is 3. The van der Waals surface area contributed by atoms with E-state index in [2.05, 4.69) is 10.3 Å². The molecule has 0 bridgehead atoms. The molecule has 0 radical (unpaired) electrons. The number of rotatable bonds is 4. The lowest BCUT2D eigenvalue weighted by Crippen LogP contribution is -2.22. The largest absolute Gasteiger partial charge is 0.416 e. The lowest BCUT2D eigenvalue weighted by Gasteiger charge is -2.23. The van der Waals surface area contributed by atoms with Crippen LogP contribution in [0.15, 0.2) is 23.2 Å². The van der Waals surface area contributed by atoms with Gasteiger partial charge in [0.1, 0.15) is 0 Å². The minimum Gasteiger partial charge on any atom is -0.370 e. The summed E-state index contributed by atoms with van der Waals surface area (Å²) in [5, 5.41) is 11.3. The fraction of sp³-hybridized carbons (Fsp3) is 0.429. The number of aliphatic imine (C=N–C) groups is 1. The summed E-state index contributed by atoms with van der Waals surface area (Å²) < 4.78 is 38.7. The zero-order valence-electron chi connectivity index (χ0n) is 12.5. The number of nitrogens with one attached hydrogen (secondary N) is 1. The van der Waals surface area contributed by atoms with Gasteiger partial charge in [0, 0.05) is 13.1 Å². The summed E-state index contributed by atoms with van der Waals surface area (Å²) in [6.07, 6.45) is -1.02. The van der Waals surface area contributed by atoms with Gasteiger partial charge < -0.3 is 4.90 Å². The monoisotopic (exact) mass is 330 g/mol. The molecule has 0 aliphatic heterocycles. The average molecular weight is 330 g/mol. The van der Waals surface area contributed by atoms with E-state index in [-0.39, 0.29) is 10.9 Å². The van der Waals surface area contributed by atoms with Crippen molar-refractivity contribution in [1.82, 2.24) is 5.32 Å². The smallest absolute Gasteiger partial charge is 0.370 e. The van der Waals surface area contributed by atoms with Crippen LogP contribution in [-0.4, -0.2) is 24.5 Å². The van der Waals surface area contributed by atoms with Crippen LogP contribution in [0.5, 0.6) is 0 Å². The highest BCUT2D eigenvalue weighted by Crippen LogP contribution is 2.37. The Balaban J connectivity index is 3.43. The highest BCUT2D eigenvalue weighted by Gasteiger charge is 2.31. The van der Waals surface area contributed by atoms with Crippen LogP contribution < -0.4 is 10.2 Å². The predicted molar refractivity (Wildman–Crippen MR) is 84.4 cm³/mol.